The summed E-state index contributed by atoms with van der Waals surface area (Å²) in [4.78, 5) is 22.8. The molecule has 1 aliphatic rings. The van der Waals surface area contributed by atoms with Crippen LogP contribution in [-0.4, -0.2) is 45.6 Å². The van der Waals surface area contributed by atoms with Crippen LogP contribution in [0.25, 0.3) is 0 Å². The average Bonchev–Trinajstić information content (AvgIpc) is 3.17. The number of carboxylic acid groups (broad SMARTS) is 2. The van der Waals surface area contributed by atoms with Crippen molar-refractivity contribution in [2.75, 3.05) is 6.54 Å². The molecule has 0 saturated heterocycles. The number of aryl methyl sites for hydroxylation is 1. The highest BCUT2D eigenvalue weighted by Crippen LogP contribution is 2.40. The van der Waals surface area contributed by atoms with Crippen molar-refractivity contribution in [3.8, 4) is 11.5 Å². The third kappa shape index (κ3) is 4.81. The second kappa shape index (κ2) is 9.36. The second-order valence-corrected chi connectivity index (χ2v) is 7.54. The molecule has 3 rings (SSSR count). The third-order valence-corrected chi connectivity index (χ3v) is 5.43. The Morgan fingerprint density at radius 3 is 2.16 bits per heavy atom. The fourth-order valence-electron chi connectivity index (χ4n) is 3.46. The van der Waals surface area contributed by atoms with Gasteiger partial charge in [0, 0.05) is 12.6 Å². The van der Waals surface area contributed by atoms with Gasteiger partial charge in [-0.15, -0.1) is 0 Å². The normalized spacial score (nSPS) is 16.0. The van der Waals surface area contributed by atoms with E-state index in [0.29, 0.717) is 13.0 Å². The van der Waals surface area contributed by atoms with Crippen molar-refractivity contribution in [1.29, 1.82) is 0 Å². The molecule has 0 bridgehead atoms. The van der Waals surface area contributed by atoms with Crippen molar-refractivity contribution >= 4 is 11.9 Å². The Balaban J connectivity index is 1.63. The minimum absolute atomic E-state index is 0.0497. The first-order chi connectivity index (χ1) is 14.8. The standard InChI is InChI=1S/C23H27NO7/c1-3-14-5-8-16(9-6-14)18(25)13-24-17(4-2)11-15-7-10-19-20(12-15)31-23(30-19,21(26)27)22(28)29/h5-10,12,17-18,24-25H,3-4,11,13H2,1-2H3,(H,26,27)(H,28,29). The summed E-state index contributed by atoms with van der Waals surface area (Å²) in [6, 6.07) is 12.8. The van der Waals surface area contributed by atoms with Gasteiger partial charge in [0.2, 0.25) is 0 Å². The maximum atomic E-state index is 11.4. The highest BCUT2D eigenvalue weighted by molar-refractivity contribution is 6.01. The van der Waals surface area contributed by atoms with E-state index < -0.39 is 23.8 Å². The fourth-order valence-corrected chi connectivity index (χ4v) is 3.46. The lowest BCUT2D eigenvalue weighted by molar-refractivity contribution is -0.194. The van der Waals surface area contributed by atoms with Crippen LogP contribution in [0.2, 0.25) is 0 Å². The predicted octanol–water partition coefficient (Wildman–Crippen LogP) is 2.53. The first-order valence-electron chi connectivity index (χ1n) is 10.3. The molecule has 2 aromatic carbocycles. The maximum absolute atomic E-state index is 11.4. The number of hydrogen-bond acceptors (Lipinski definition) is 6. The molecule has 166 valence electrons. The van der Waals surface area contributed by atoms with E-state index in [9.17, 15) is 24.9 Å². The summed E-state index contributed by atoms with van der Waals surface area (Å²) >= 11 is 0. The Labute approximate surface area is 180 Å². The number of fused-ring (bicyclic) bond motifs is 1. The lowest BCUT2D eigenvalue weighted by atomic mass is 10.0. The lowest BCUT2D eigenvalue weighted by Crippen LogP contribution is -2.54. The molecule has 8 nitrogen and oxygen atoms in total. The van der Waals surface area contributed by atoms with Crippen molar-refractivity contribution in [3.05, 3.63) is 59.2 Å². The number of ether oxygens (including phenoxy) is 2. The van der Waals surface area contributed by atoms with Crippen molar-refractivity contribution in [2.45, 2.75) is 51.0 Å². The fraction of sp³-hybridized carbons (Fsp3) is 0.391. The van der Waals surface area contributed by atoms with Gasteiger partial charge in [-0.2, -0.15) is 0 Å². The van der Waals surface area contributed by atoms with Crippen LogP contribution in [0.1, 0.15) is 43.1 Å². The summed E-state index contributed by atoms with van der Waals surface area (Å²) in [6.45, 7) is 4.49. The summed E-state index contributed by atoms with van der Waals surface area (Å²) in [7, 11) is 0. The molecule has 0 saturated carbocycles. The molecule has 0 fully saturated rings. The van der Waals surface area contributed by atoms with Crippen LogP contribution >= 0.6 is 0 Å². The van der Waals surface area contributed by atoms with E-state index in [-0.39, 0.29) is 17.5 Å². The van der Waals surface area contributed by atoms with Crippen molar-refractivity contribution < 1.29 is 34.4 Å². The smallest absolute Gasteiger partial charge is 0.453 e. The number of aliphatic hydroxyl groups excluding tert-OH is 1. The largest absolute Gasteiger partial charge is 0.475 e. The number of aliphatic hydroxyl groups is 1. The molecule has 2 atom stereocenters. The van der Waals surface area contributed by atoms with Crippen LogP contribution in [0, 0.1) is 0 Å². The van der Waals surface area contributed by atoms with Crippen molar-refractivity contribution in [2.24, 2.45) is 0 Å². The summed E-state index contributed by atoms with van der Waals surface area (Å²) in [5.74, 6) is -6.08. The monoisotopic (exact) mass is 429 g/mol. The molecular formula is C23H27NO7. The highest BCUT2D eigenvalue weighted by atomic mass is 16.8. The van der Waals surface area contributed by atoms with E-state index in [1.54, 1.807) is 12.1 Å². The van der Waals surface area contributed by atoms with E-state index in [2.05, 4.69) is 12.2 Å². The molecule has 1 aliphatic heterocycles. The van der Waals surface area contributed by atoms with Crippen LogP contribution in [0.5, 0.6) is 11.5 Å². The van der Waals surface area contributed by atoms with Crippen LogP contribution in [-0.2, 0) is 22.4 Å². The van der Waals surface area contributed by atoms with Crippen LogP contribution < -0.4 is 14.8 Å². The topological polar surface area (TPSA) is 125 Å². The Morgan fingerprint density at radius 2 is 1.58 bits per heavy atom. The Bertz CT molecular complexity index is 927. The Hall–Kier alpha value is -3.10. The predicted molar refractivity (Wildman–Crippen MR) is 112 cm³/mol. The summed E-state index contributed by atoms with van der Waals surface area (Å²) in [5, 5.41) is 32.3. The van der Waals surface area contributed by atoms with E-state index in [4.69, 9.17) is 9.47 Å². The molecular weight excluding hydrogens is 402 g/mol. The first-order valence-corrected chi connectivity index (χ1v) is 10.3. The van der Waals surface area contributed by atoms with E-state index in [1.165, 1.54) is 11.6 Å². The van der Waals surface area contributed by atoms with Gasteiger partial charge in [0.05, 0.1) is 6.10 Å². The van der Waals surface area contributed by atoms with Crippen LogP contribution in [0.4, 0.5) is 0 Å². The summed E-state index contributed by atoms with van der Waals surface area (Å²) < 4.78 is 10.2. The minimum Gasteiger partial charge on any atom is -0.475 e. The lowest BCUT2D eigenvalue weighted by Gasteiger charge is -2.20. The van der Waals surface area contributed by atoms with Crippen molar-refractivity contribution in [1.82, 2.24) is 5.32 Å². The number of carboxylic acids is 2. The quantitative estimate of drug-likeness (QED) is 0.425. The SMILES string of the molecule is CCc1ccc(C(O)CNC(CC)Cc2ccc3c(c2)OC(C(=O)O)(C(=O)O)O3)cc1. The molecule has 0 amide bonds. The zero-order chi connectivity index (χ0) is 22.6. The molecule has 0 aliphatic carbocycles. The average molecular weight is 429 g/mol. The Morgan fingerprint density at radius 1 is 0.968 bits per heavy atom. The number of hydrogen-bond donors (Lipinski definition) is 4. The van der Waals surface area contributed by atoms with Crippen molar-refractivity contribution in [3.63, 3.8) is 0 Å². The Kier molecular flexibility index (Phi) is 6.82. The molecule has 8 heteroatoms. The molecule has 2 aromatic rings. The van der Waals surface area contributed by atoms with E-state index in [1.807, 2.05) is 31.2 Å². The van der Waals surface area contributed by atoms with Crippen LogP contribution in [0.3, 0.4) is 0 Å². The van der Waals surface area contributed by atoms with Crippen LogP contribution in [0.15, 0.2) is 42.5 Å². The molecule has 1 heterocycles. The number of carbonyl (C=O) groups is 2. The van der Waals surface area contributed by atoms with E-state index in [0.717, 1.165) is 24.0 Å². The van der Waals surface area contributed by atoms with Gasteiger partial charge in [-0.05, 0) is 48.1 Å². The summed E-state index contributed by atoms with van der Waals surface area (Å²) in [6.07, 6.45) is 1.69. The zero-order valence-electron chi connectivity index (χ0n) is 17.5. The minimum atomic E-state index is -2.76. The van der Waals surface area contributed by atoms with Gasteiger partial charge in [0.25, 0.3) is 0 Å². The zero-order valence-corrected chi connectivity index (χ0v) is 17.5. The molecule has 31 heavy (non-hydrogen) atoms. The number of nitrogens with one attached hydrogen (secondary N) is 1. The van der Waals surface area contributed by atoms with Gasteiger partial charge in [0.15, 0.2) is 11.5 Å². The van der Waals surface area contributed by atoms with Gasteiger partial charge < -0.3 is 30.1 Å². The number of benzene rings is 2. The first kappa shape index (κ1) is 22.6. The highest BCUT2D eigenvalue weighted by Gasteiger charge is 2.57. The van der Waals surface area contributed by atoms with E-state index >= 15 is 0 Å². The molecule has 2 unspecified atom stereocenters. The molecule has 0 aromatic heterocycles. The number of aliphatic carboxylic acids is 2. The van der Waals surface area contributed by atoms with Gasteiger partial charge in [0.1, 0.15) is 0 Å². The number of rotatable bonds is 10. The molecule has 4 N–H and O–H groups in total. The van der Waals surface area contributed by atoms with Gasteiger partial charge in [-0.25, -0.2) is 9.59 Å². The van der Waals surface area contributed by atoms with Gasteiger partial charge in [-0.3, -0.25) is 0 Å². The molecule has 0 spiro atoms. The second-order valence-electron chi connectivity index (χ2n) is 7.54. The van der Waals surface area contributed by atoms with Gasteiger partial charge in [-0.1, -0.05) is 44.2 Å². The third-order valence-electron chi connectivity index (χ3n) is 5.43. The van der Waals surface area contributed by atoms with Gasteiger partial charge >= 0.3 is 17.7 Å². The molecule has 0 radical (unpaired) electrons. The summed E-state index contributed by atoms with van der Waals surface area (Å²) in [5.41, 5.74) is 2.89. The maximum Gasteiger partial charge on any atom is 0.453 e.